The summed E-state index contributed by atoms with van der Waals surface area (Å²) in [6.45, 7) is 8.35. The second kappa shape index (κ2) is 8.22. The Kier molecular flexibility index (Phi) is 6.00. The highest BCUT2D eigenvalue weighted by Crippen LogP contribution is 2.09. The average Bonchev–Trinajstić information content (AvgIpc) is 2.60. The highest BCUT2D eigenvalue weighted by atomic mass is 19.1. The van der Waals surface area contributed by atoms with E-state index in [0.717, 1.165) is 52.4 Å². The number of nitrogens with zero attached hydrogens (tertiary/aromatic N) is 6. The summed E-state index contributed by atoms with van der Waals surface area (Å²) < 4.78 is 15.7. The monoisotopic (exact) mass is 353 g/mol. The molecule has 1 aromatic rings. The van der Waals surface area contributed by atoms with Gasteiger partial charge in [-0.25, -0.2) is 9.18 Å². The number of hydrogen-bond donors (Lipinski definition) is 1. The first-order valence-corrected chi connectivity index (χ1v) is 8.84. The second-order valence-corrected chi connectivity index (χ2v) is 7.01. The van der Waals surface area contributed by atoms with Gasteiger partial charge in [-0.15, -0.1) is 0 Å². The van der Waals surface area contributed by atoms with Crippen LogP contribution in [0.15, 0.2) is 11.0 Å². The van der Waals surface area contributed by atoms with Crippen LogP contribution in [0.4, 0.5) is 10.2 Å². The number of rotatable bonds is 5. The molecule has 0 radical (unpaired) electrons. The molecule has 0 spiro atoms. The number of aromatic nitrogens is 2. The van der Waals surface area contributed by atoms with Crippen LogP contribution in [0.3, 0.4) is 0 Å². The fourth-order valence-corrected chi connectivity index (χ4v) is 3.09. The molecular weight excluding hydrogens is 325 g/mol. The van der Waals surface area contributed by atoms with Crippen molar-refractivity contribution < 1.29 is 4.39 Å². The van der Waals surface area contributed by atoms with E-state index >= 15 is 0 Å². The first kappa shape index (κ1) is 18.2. The number of hydrogen-bond acceptors (Lipinski definition) is 7. The van der Waals surface area contributed by atoms with E-state index in [-0.39, 0.29) is 5.82 Å². The highest BCUT2D eigenvalue weighted by molar-refractivity contribution is 5.33. The molecule has 2 aliphatic heterocycles. The zero-order chi connectivity index (χ0) is 17.8. The summed E-state index contributed by atoms with van der Waals surface area (Å²) in [6, 6.07) is 0. The Labute approximate surface area is 147 Å². The van der Waals surface area contributed by atoms with Gasteiger partial charge in [0.15, 0.2) is 11.6 Å². The lowest BCUT2D eigenvalue weighted by Gasteiger charge is -2.32. The summed E-state index contributed by atoms with van der Waals surface area (Å²) in [7, 11) is 4.16. The lowest BCUT2D eigenvalue weighted by atomic mass is 10.3. The van der Waals surface area contributed by atoms with E-state index in [9.17, 15) is 9.18 Å². The van der Waals surface area contributed by atoms with Crippen LogP contribution in [0.5, 0.6) is 0 Å². The summed E-state index contributed by atoms with van der Waals surface area (Å²) in [4.78, 5) is 24.9. The minimum atomic E-state index is -0.483. The zero-order valence-corrected chi connectivity index (χ0v) is 15.1. The van der Waals surface area contributed by atoms with Crippen molar-refractivity contribution in [1.82, 2.24) is 29.2 Å². The summed E-state index contributed by atoms with van der Waals surface area (Å²) in [5.74, 6) is -0.443. The lowest BCUT2D eigenvalue weighted by molar-refractivity contribution is 0.122. The molecule has 8 nitrogen and oxygen atoms in total. The molecule has 25 heavy (non-hydrogen) atoms. The van der Waals surface area contributed by atoms with Gasteiger partial charge in [-0.2, -0.15) is 4.98 Å². The van der Waals surface area contributed by atoms with Crippen LogP contribution in [-0.2, 0) is 6.67 Å². The number of halogens is 1. The van der Waals surface area contributed by atoms with Crippen LogP contribution in [0, 0.1) is 5.82 Å². The number of anilines is 1. The summed E-state index contributed by atoms with van der Waals surface area (Å²) >= 11 is 0. The predicted octanol–water partition coefficient (Wildman–Crippen LogP) is -0.796. The third kappa shape index (κ3) is 4.97. The Morgan fingerprint density at radius 1 is 1.00 bits per heavy atom. The first-order valence-electron chi connectivity index (χ1n) is 8.84. The molecule has 0 amide bonds. The normalized spacial score (nSPS) is 21.6. The molecule has 0 saturated carbocycles. The standard InChI is InChI=1S/C16H28FN7O/c1-20-3-7-22(8-4-20)12-18-15-14(17)11-24(16(25)19-15)13-23-9-5-21(2)6-10-23/h11H,3-10,12-13H2,1-2H3,(H,18,19,25). The van der Waals surface area contributed by atoms with Gasteiger partial charge in [-0.3, -0.25) is 14.4 Å². The van der Waals surface area contributed by atoms with Crippen molar-refractivity contribution in [3.05, 3.63) is 22.5 Å². The van der Waals surface area contributed by atoms with Crippen molar-refractivity contribution in [3.8, 4) is 0 Å². The van der Waals surface area contributed by atoms with Gasteiger partial charge < -0.3 is 15.1 Å². The molecule has 1 N–H and O–H groups in total. The summed E-state index contributed by atoms with van der Waals surface area (Å²) in [6.07, 6.45) is 1.26. The molecule has 140 valence electrons. The van der Waals surface area contributed by atoms with Crippen molar-refractivity contribution in [2.75, 3.05) is 78.4 Å². The van der Waals surface area contributed by atoms with Gasteiger partial charge >= 0.3 is 5.69 Å². The molecule has 3 heterocycles. The minimum Gasteiger partial charge on any atom is -0.355 e. The summed E-state index contributed by atoms with van der Waals surface area (Å²) in [5, 5.41) is 2.96. The van der Waals surface area contributed by atoms with Crippen molar-refractivity contribution >= 4 is 5.82 Å². The highest BCUT2D eigenvalue weighted by Gasteiger charge is 2.17. The number of nitrogens with one attached hydrogen (secondary N) is 1. The van der Waals surface area contributed by atoms with Crippen LogP contribution in [0.1, 0.15) is 0 Å². The van der Waals surface area contributed by atoms with E-state index in [1.807, 2.05) is 0 Å². The Morgan fingerprint density at radius 2 is 1.56 bits per heavy atom. The number of likely N-dealkylation sites (N-methyl/N-ethyl adjacent to an activating group) is 2. The predicted molar refractivity (Wildman–Crippen MR) is 95.1 cm³/mol. The third-order valence-electron chi connectivity index (χ3n) is 4.96. The quantitative estimate of drug-likeness (QED) is 0.744. The van der Waals surface area contributed by atoms with E-state index in [0.29, 0.717) is 13.3 Å². The fourth-order valence-electron chi connectivity index (χ4n) is 3.09. The van der Waals surface area contributed by atoms with Gasteiger partial charge in [0, 0.05) is 58.6 Å². The lowest BCUT2D eigenvalue weighted by Crippen LogP contribution is -2.47. The van der Waals surface area contributed by atoms with E-state index < -0.39 is 11.5 Å². The Morgan fingerprint density at radius 3 is 2.16 bits per heavy atom. The Bertz CT molecular complexity index is 621. The Hall–Kier alpha value is -1.55. The van der Waals surface area contributed by atoms with Crippen LogP contribution >= 0.6 is 0 Å². The van der Waals surface area contributed by atoms with E-state index in [2.05, 4.69) is 44.0 Å². The summed E-state index contributed by atoms with van der Waals surface area (Å²) in [5.41, 5.74) is -0.416. The van der Waals surface area contributed by atoms with Crippen molar-refractivity contribution in [1.29, 1.82) is 0 Å². The molecule has 0 unspecified atom stereocenters. The average molecular weight is 353 g/mol. The molecule has 3 rings (SSSR count). The largest absolute Gasteiger partial charge is 0.355 e. The molecule has 9 heteroatoms. The molecule has 0 aliphatic carbocycles. The van der Waals surface area contributed by atoms with Crippen molar-refractivity contribution in [3.63, 3.8) is 0 Å². The van der Waals surface area contributed by atoms with Crippen molar-refractivity contribution in [2.45, 2.75) is 6.67 Å². The van der Waals surface area contributed by atoms with Gasteiger partial charge in [0.2, 0.25) is 0 Å². The molecular formula is C16H28FN7O. The molecule has 0 bridgehead atoms. The smallest absolute Gasteiger partial charge is 0.350 e. The van der Waals surface area contributed by atoms with Crippen molar-refractivity contribution in [2.24, 2.45) is 0 Å². The fraction of sp³-hybridized carbons (Fsp3) is 0.750. The SMILES string of the molecule is CN1CCN(CNc2nc(=O)n(CN3CCN(C)CC3)cc2F)CC1. The first-order chi connectivity index (χ1) is 12.0. The molecule has 2 fully saturated rings. The van der Waals surface area contributed by atoms with E-state index in [4.69, 9.17) is 0 Å². The molecule has 2 aliphatic rings. The van der Waals surface area contributed by atoms with Gasteiger partial charge in [0.25, 0.3) is 0 Å². The zero-order valence-electron chi connectivity index (χ0n) is 15.1. The maximum atomic E-state index is 14.3. The maximum Gasteiger partial charge on any atom is 0.350 e. The van der Waals surface area contributed by atoms with Crippen LogP contribution in [0.25, 0.3) is 0 Å². The van der Waals surface area contributed by atoms with E-state index in [1.165, 1.54) is 10.8 Å². The van der Waals surface area contributed by atoms with Gasteiger partial charge in [-0.1, -0.05) is 0 Å². The van der Waals surface area contributed by atoms with Gasteiger partial charge in [-0.05, 0) is 14.1 Å². The van der Waals surface area contributed by atoms with Crippen LogP contribution in [-0.4, -0.2) is 102 Å². The van der Waals surface area contributed by atoms with Gasteiger partial charge in [0.1, 0.15) is 0 Å². The second-order valence-electron chi connectivity index (χ2n) is 7.01. The van der Waals surface area contributed by atoms with Crippen LogP contribution < -0.4 is 11.0 Å². The Balaban J connectivity index is 1.57. The third-order valence-corrected chi connectivity index (χ3v) is 4.96. The molecule has 2 saturated heterocycles. The molecule has 0 aromatic carbocycles. The molecule has 1 aromatic heterocycles. The van der Waals surface area contributed by atoms with E-state index in [1.54, 1.807) is 0 Å². The topological polar surface area (TPSA) is 59.9 Å². The minimum absolute atomic E-state index is 0.0403. The maximum absolute atomic E-state index is 14.3. The van der Waals surface area contributed by atoms with Gasteiger partial charge in [0.05, 0.1) is 13.3 Å². The van der Waals surface area contributed by atoms with Crippen LogP contribution in [0.2, 0.25) is 0 Å². The molecule has 0 atom stereocenters. The number of piperazine rings is 2.